The lowest BCUT2D eigenvalue weighted by atomic mass is 9.99. The molecule has 300 valence electrons. The Morgan fingerprint density at radius 3 is 1.96 bits per heavy atom. The van der Waals surface area contributed by atoms with Crippen molar-refractivity contribution in [3.05, 3.63) is 60.8 Å². The van der Waals surface area contributed by atoms with Gasteiger partial charge in [0.25, 0.3) is 0 Å². The van der Waals surface area contributed by atoms with Crippen LogP contribution < -0.4 is 0 Å². The Kier molecular flexibility index (Phi) is 28.7. The summed E-state index contributed by atoms with van der Waals surface area (Å²) in [5.41, 5.74) is 0. The number of ether oxygens (including phenoxy) is 4. The fourth-order valence-corrected chi connectivity index (χ4v) is 5.75. The first-order valence-electron chi connectivity index (χ1n) is 19.0. The first-order chi connectivity index (χ1) is 25.1. The molecule has 1 heterocycles. The van der Waals surface area contributed by atoms with Gasteiger partial charge in [0.2, 0.25) is 0 Å². The van der Waals surface area contributed by atoms with Gasteiger partial charge in [-0.25, -0.2) is 4.18 Å². The molecule has 13 heteroatoms. The van der Waals surface area contributed by atoms with Crippen LogP contribution in [0.2, 0.25) is 0 Å². The highest BCUT2D eigenvalue weighted by atomic mass is 32.3. The second-order valence-electron chi connectivity index (χ2n) is 12.8. The van der Waals surface area contributed by atoms with Gasteiger partial charge in [0, 0.05) is 13.0 Å². The van der Waals surface area contributed by atoms with Gasteiger partial charge in [0.15, 0.2) is 6.29 Å². The molecule has 1 rings (SSSR count). The zero-order valence-corrected chi connectivity index (χ0v) is 32.2. The number of esters is 1. The minimum Gasteiger partial charge on any atom is -0.457 e. The molecule has 6 unspecified atom stereocenters. The summed E-state index contributed by atoms with van der Waals surface area (Å²) in [7, 11) is -5.07. The molecule has 0 radical (unpaired) electrons. The molecule has 1 aliphatic rings. The van der Waals surface area contributed by atoms with Crippen LogP contribution in [0.4, 0.5) is 0 Å². The van der Waals surface area contributed by atoms with E-state index >= 15 is 0 Å². The third-order valence-electron chi connectivity index (χ3n) is 8.12. The van der Waals surface area contributed by atoms with Crippen molar-refractivity contribution in [3.63, 3.8) is 0 Å². The zero-order chi connectivity index (χ0) is 38.3. The molecule has 1 saturated heterocycles. The highest BCUT2D eigenvalue weighted by molar-refractivity contribution is 7.80. The van der Waals surface area contributed by atoms with Crippen molar-refractivity contribution in [1.82, 2.24) is 0 Å². The molecule has 0 aliphatic carbocycles. The van der Waals surface area contributed by atoms with Crippen LogP contribution in [0.1, 0.15) is 117 Å². The highest BCUT2D eigenvalue weighted by Gasteiger charge is 2.48. The number of hydrogen-bond donors (Lipinski definition) is 4. The minimum absolute atomic E-state index is 0.00840. The van der Waals surface area contributed by atoms with Crippen LogP contribution in [0.3, 0.4) is 0 Å². The van der Waals surface area contributed by atoms with Gasteiger partial charge >= 0.3 is 16.4 Å². The maximum absolute atomic E-state index is 12.7. The summed E-state index contributed by atoms with van der Waals surface area (Å²) in [6, 6.07) is 0. The number of carbonyl (C=O) groups is 1. The SMILES string of the molecule is CC/C=C\C/C=C\C/C=C\C/C=C\CCCOCC(COC1OC(CO)C(O)C(OS(=O)(=O)O)C1O)OC(=O)CCCCCCC/C=C\CCCC. The number of rotatable bonds is 31. The molecule has 1 aliphatic heterocycles. The molecule has 0 aromatic heterocycles. The van der Waals surface area contributed by atoms with Gasteiger partial charge in [-0.1, -0.05) is 107 Å². The van der Waals surface area contributed by atoms with Crippen molar-refractivity contribution in [2.45, 2.75) is 153 Å². The smallest absolute Gasteiger partial charge is 0.397 e. The van der Waals surface area contributed by atoms with Crippen molar-refractivity contribution in [3.8, 4) is 0 Å². The summed E-state index contributed by atoms with van der Waals surface area (Å²) in [6.07, 6.45) is 27.1. The van der Waals surface area contributed by atoms with Gasteiger partial charge in [-0.15, -0.1) is 0 Å². The summed E-state index contributed by atoms with van der Waals surface area (Å²) in [4.78, 5) is 12.7. The molecular formula is C39H66O12S. The number of aliphatic hydroxyl groups is 3. The first kappa shape index (κ1) is 47.8. The zero-order valence-electron chi connectivity index (χ0n) is 31.3. The van der Waals surface area contributed by atoms with E-state index in [1.807, 2.05) is 0 Å². The summed E-state index contributed by atoms with van der Waals surface area (Å²) >= 11 is 0. The number of aliphatic hydroxyl groups excluding tert-OH is 3. The number of hydrogen-bond acceptors (Lipinski definition) is 11. The maximum Gasteiger partial charge on any atom is 0.397 e. The fourth-order valence-electron chi connectivity index (χ4n) is 5.24. The van der Waals surface area contributed by atoms with Gasteiger partial charge in [-0.2, -0.15) is 8.42 Å². The predicted octanol–water partition coefficient (Wildman–Crippen LogP) is 6.62. The first-order valence-corrected chi connectivity index (χ1v) is 20.4. The van der Waals surface area contributed by atoms with E-state index in [2.05, 4.69) is 78.8 Å². The van der Waals surface area contributed by atoms with Crippen LogP contribution in [0.5, 0.6) is 0 Å². The largest absolute Gasteiger partial charge is 0.457 e. The van der Waals surface area contributed by atoms with Crippen molar-refractivity contribution in [1.29, 1.82) is 0 Å². The number of allylic oxidation sites excluding steroid dienone is 10. The van der Waals surface area contributed by atoms with Gasteiger partial charge in [-0.05, 0) is 64.2 Å². The topological polar surface area (TPSA) is 178 Å². The van der Waals surface area contributed by atoms with Crippen molar-refractivity contribution < 1.29 is 56.2 Å². The van der Waals surface area contributed by atoms with E-state index in [0.717, 1.165) is 77.0 Å². The predicted molar refractivity (Wildman–Crippen MR) is 202 cm³/mol. The molecule has 0 amide bonds. The van der Waals surface area contributed by atoms with Crippen LogP contribution >= 0.6 is 0 Å². The summed E-state index contributed by atoms with van der Waals surface area (Å²) in [5, 5.41) is 30.5. The maximum atomic E-state index is 12.7. The number of carbonyl (C=O) groups excluding carboxylic acids is 1. The Morgan fingerprint density at radius 1 is 0.750 bits per heavy atom. The third kappa shape index (κ3) is 24.9. The van der Waals surface area contributed by atoms with E-state index in [4.69, 9.17) is 23.5 Å². The van der Waals surface area contributed by atoms with E-state index < -0.39 is 59.8 Å². The second kappa shape index (κ2) is 31.2. The Morgan fingerprint density at radius 2 is 1.33 bits per heavy atom. The average Bonchev–Trinajstić information content (AvgIpc) is 3.11. The van der Waals surface area contributed by atoms with Crippen LogP contribution in [0, 0.1) is 0 Å². The summed E-state index contributed by atoms with van der Waals surface area (Å²) < 4.78 is 58.6. The highest BCUT2D eigenvalue weighted by Crippen LogP contribution is 2.26. The van der Waals surface area contributed by atoms with Crippen LogP contribution in [0.15, 0.2) is 60.8 Å². The lowest BCUT2D eigenvalue weighted by Crippen LogP contribution is -2.60. The third-order valence-corrected chi connectivity index (χ3v) is 8.59. The standard InChI is InChI=1S/C39H66O12S/c1-3-5-7-9-11-13-15-16-17-19-21-23-25-27-29-47-31-33(49-35(41)28-26-24-22-20-18-14-12-10-8-6-4-2)32-48-39-37(43)38(51-52(44,45)46)36(42)34(30-40)50-39/h5,7,10-13,16-17,21,23,33-34,36-40,42-43H,3-4,6,8-9,14-15,18-20,22,24-32H2,1-2H3,(H,44,45,46)/b7-5-,12-10-,13-11-,17-16-,23-21-. The van der Waals surface area contributed by atoms with Gasteiger partial charge in [0.1, 0.15) is 30.5 Å². The van der Waals surface area contributed by atoms with Gasteiger partial charge in [-0.3, -0.25) is 9.35 Å². The van der Waals surface area contributed by atoms with Crippen molar-refractivity contribution >= 4 is 16.4 Å². The second-order valence-corrected chi connectivity index (χ2v) is 13.8. The Hall–Kier alpha value is -2.20. The fraction of sp³-hybridized carbons (Fsp3) is 0.718. The lowest BCUT2D eigenvalue weighted by molar-refractivity contribution is -0.301. The minimum atomic E-state index is -5.07. The van der Waals surface area contributed by atoms with Crippen molar-refractivity contribution in [2.24, 2.45) is 0 Å². The molecule has 0 saturated carbocycles. The molecule has 1 fully saturated rings. The molecule has 4 N–H and O–H groups in total. The molecule has 0 aromatic rings. The van der Waals surface area contributed by atoms with Gasteiger partial charge in [0.05, 0.1) is 19.8 Å². The lowest BCUT2D eigenvalue weighted by Gasteiger charge is -2.41. The monoisotopic (exact) mass is 758 g/mol. The van der Waals surface area contributed by atoms with E-state index in [9.17, 15) is 28.5 Å². The molecule has 6 atom stereocenters. The van der Waals surface area contributed by atoms with Gasteiger partial charge < -0.3 is 34.3 Å². The normalized spacial score (nSPS) is 22.2. The average molecular weight is 759 g/mol. The van der Waals surface area contributed by atoms with E-state index in [1.165, 1.54) is 12.8 Å². The Balaban J connectivity index is 2.57. The van der Waals surface area contributed by atoms with Crippen LogP contribution in [-0.4, -0.2) is 97.5 Å². The molecule has 0 bridgehead atoms. The molecule has 0 aromatic carbocycles. The Bertz CT molecular complexity index is 1150. The van der Waals surface area contributed by atoms with Crippen LogP contribution in [0.25, 0.3) is 0 Å². The molecule has 52 heavy (non-hydrogen) atoms. The van der Waals surface area contributed by atoms with E-state index in [0.29, 0.717) is 13.0 Å². The van der Waals surface area contributed by atoms with E-state index in [-0.39, 0.29) is 19.6 Å². The summed E-state index contributed by atoms with van der Waals surface area (Å²) in [6.45, 7) is 3.63. The Labute approximate surface area is 312 Å². The van der Waals surface area contributed by atoms with E-state index in [1.54, 1.807) is 0 Å². The van der Waals surface area contributed by atoms with Crippen molar-refractivity contribution in [2.75, 3.05) is 26.4 Å². The summed E-state index contributed by atoms with van der Waals surface area (Å²) in [5.74, 6) is -0.433. The molecular weight excluding hydrogens is 692 g/mol. The van der Waals surface area contributed by atoms with Crippen LogP contribution in [-0.2, 0) is 38.3 Å². The molecule has 12 nitrogen and oxygen atoms in total. The molecule has 0 spiro atoms. The quantitative estimate of drug-likeness (QED) is 0.0258. The number of unbranched alkanes of at least 4 members (excludes halogenated alkanes) is 8.